The summed E-state index contributed by atoms with van der Waals surface area (Å²) in [5, 5.41) is 0. The Labute approximate surface area is 177 Å². The van der Waals surface area contributed by atoms with Gasteiger partial charge in [0.2, 0.25) is 0 Å². The van der Waals surface area contributed by atoms with E-state index in [0.29, 0.717) is 13.0 Å². The van der Waals surface area contributed by atoms with Gasteiger partial charge in [0, 0.05) is 44.5 Å². The molecule has 0 amide bonds. The Balaban J connectivity index is 1.52. The minimum absolute atomic E-state index is 0.0210. The van der Waals surface area contributed by atoms with Crippen molar-refractivity contribution in [3.63, 3.8) is 0 Å². The number of hydrogen-bond acceptors (Lipinski definition) is 5. The second-order valence-corrected chi connectivity index (χ2v) is 8.65. The standard InChI is InChI=1S/C24H39N3O2/c1-3-4-18-29-24(28)19-23(26-12-6-5-7-13-26)20-25-14-16-27(17-15-25)22-10-8-21(2)9-11-22/h8-11,23H,3-7,12-20H2,1-2H3. The van der Waals surface area contributed by atoms with Gasteiger partial charge in [0.25, 0.3) is 0 Å². The molecule has 0 N–H and O–H groups in total. The lowest BCUT2D eigenvalue weighted by Crippen LogP contribution is -2.53. The maximum atomic E-state index is 12.4. The van der Waals surface area contributed by atoms with Crippen LogP contribution in [0.5, 0.6) is 0 Å². The highest BCUT2D eigenvalue weighted by atomic mass is 16.5. The molecule has 5 heteroatoms. The fraction of sp³-hybridized carbons (Fsp3) is 0.708. The highest BCUT2D eigenvalue weighted by Crippen LogP contribution is 2.20. The van der Waals surface area contributed by atoms with Crippen molar-refractivity contribution in [2.45, 2.75) is 58.4 Å². The summed E-state index contributed by atoms with van der Waals surface area (Å²) in [5.74, 6) is -0.0210. The van der Waals surface area contributed by atoms with Crippen LogP contribution in [-0.4, -0.2) is 74.2 Å². The highest BCUT2D eigenvalue weighted by Gasteiger charge is 2.27. The van der Waals surface area contributed by atoms with Crippen LogP contribution in [0.25, 0.3) is 0 Å². The maximum absolute atomic E-state index is 12.4. The summed E-state index contributed by atoms with van der Waals surface area (Å²) in [6, 6.07) is 9.13. The minimum atomic E-state index is -0.0210. The van der Waals surface area contributed by atoms with Crippen LogP contribution >= 0.6 is 0 Å². The van der Waals surface area contributed by atoms with E-state index in [1.54, 1.807) is 0 Å². The van der Waals surface area contributed by atoms with Crippen molar-refractivity contribution < 1.29 is 9.53 Å². The normalized spacial score (nSPS) is 19.9. The van der Waals surface area contributed by atoms with Crippen molar-refractivity contribution in [3.8, 4) is 0 Å². The number of likely N-dealkylation sites (tertiary alicyclic amines) is 1. The third kappa shape index (κ3) is 7.00. The van der Waals surface area contributed by atoms with Gasteiger partial charge in [-0.3, -0.25) is 14.6 Å². The lowest BCUT2D eigenvalue weighted by Gasteiger charge is -2.41. The number of carbonyl (C=O) groups excluding carboxylic acids is 1. The largest absolute Gasteiger partial charge is 0.466 e. The van der Waals surface area contributed by atoms with E-state index in [1.807, 2.05) is 0 Å². The van der Waals surface area contributed by atoms with E-state index in [0.717, 1.165) is 58.7 Å². The van der Waals surface area contributed by atoms with Crippen molar-refractivity contribution in [3.05, 3.63) is 29.8 Å². The van der Waals surface area contributed by atoms with Gasteiger partial charge in [0.05, 0.1) is 13.0 Å². The van der Waals surface area contributed by atoms with Crippen LogP contribution < -0.4 is 4.90 Å². The van der Waals surface area contributed by atoms with Gasteiger partial charge >= 0.3 is 5.97 Å². The predicted molar refractivity (Wildman–Crippen MR) is 120 cm³/mol. The van der Waals surface area contributed by atoms with Crippen LogP contribution in [0, 0.1) is 6.92 Å². The molecule has 3 rings (SSSR count). The smallest absolute Gasteiger partial charge is 0.307 e. The molecule has 1 aromatic carbocycles. The first-order chi connectivity index (χ1) is 14.2. The molecule has 2 heterocycles. The molecule has 2 saturated heterocycles. The number of ether oxygens (including phenoxy) is 1. The Morgan fingerprint density at radius 1 is 1.00 bits per heavy atom. The van der Waals surface area contributed by atoms with E-state index < -0.39 is 0 Å². The van der Waals surface area contributed by atoms with Gasteiger partial charge in [-0.2, -0.15) is 0 Å². The molecule has 0 bridgehead atoms. The molecule has 0 aliphatic carbocycles. The van der Waals surface area contributed by atoms with E-state index in [9.17, 15) is 4.79 Å². The summed E-state index contributed by atoms with van der Waals surface area (Å²) in [4.78, 5) is 20.0. The summed E-state index contributed by atoms with van der Waals surface area (Å²) in [6.45, 7) is 12.3. The number of rotatable bonds is 9. The molecule has 1 unspecified atom stereocenters. The van der Waals surface area contributed by atoms with Crippen LogP contribution in [-0.2, 0) is 9.53 Å². The maximum Gasteiger partial charge on any atom is 0.307 e. The molecule has 0 spiro atoms. The molecule has 0 aromatic heterocycles. The van der Waals surface area contributed by atoms with E-state index in [4.69, 9.17) is 4.74 Å². The lowest BCUT2D eigenvalue weighted by atomic mass is 10.0. The molecule has 162 valence electrons. The molecule has 5 nitrogen and oxygen atoms in total. The quantitative estimate of drug-likeness (QED) is 0.466. The third-order valence-electron chi connectivity index (χ3n) is 6.31. The van der Waals surface area contributed by atoms with E-state index in [2.05, 4.69) is 52.8 Å². The summed E-state index contributed by atoms with van der Waals surface area (Å²) in [7, 11) is 0. The van der Waals surface area contributed by atoms with Crippen molar-refractivity contribution >= 4 is 11.7 Å². The van der Waals surface area contributed by atoms with Gasteiger partial charge in [0.1, 0.15) is 0 Å². The highest BCUT2D eigenvalue weighted by molar-refractivity contribution is 5.70. The number of nitrogens with zero attached hydrogens (tertiary/aromatic N) is 3. The van der Waals surface area contributed by atoms with Gasteiger partial charge in [-0.1, -0.05) is 37.5 Å². The van der Waals surface area contributed by atoms with Gasteiger partial charge in [0.15, 0.2) is 0 Å². The first-order valence-corrected chi connectivity index (χ1v) is 11.6. The van der Waals surface area contributed by atoms with E-state index in [1.165, 1.54) is 30.5 Å². The number of carbonyl (C=O) groups is 1. The third-order valence-corrected chi connectivity index (χ3v) is 6.31. The monoisotopic (exact) mass is 401 g/mol. The van der Waals surface area contributed by atoms with Gasteiger partial charge in [-0.25, -0.2) is 0 Å². The minimum Gasteiger partial charge on any atom is -0.466 e. The zero-order chi connectivity index (χ0) is 20.5. The predicted octanol–water partition coefficient (Wildman–Crippen LogP) is 3.70. The molecule has 29 heavy (non-hydrogen) atoms. The van der Waals surface area contributed by atoms with Crippen molar-refractivity contribution in [1.29, 1.82) is 0 Å². The van der Waals surface area contributed by atoms with Gasteiger partial charge < -0.3 is 9.64 Å². The Morgan fingerprint density at radius 3 is 2.34 bits per heavy atom. The summed E-state index contributed by atoms with van der Waals surface area (Å²) in [6.07, 6.45) is 6.38. The van der Waals surface area contributed by atoms with E-state index >= 15 is 0 Å². The SMILES string of the molecule is CCCCOC(=O)CC(CN1CCN(c2ccc(C)cc2)CC1)N1CCCCC1. The van der Waals surface area contributed by atoms with Crippen molar-refractivity contribution in [2.24, 2.45) is 0 Å². The number of esters is 1. The molecular weight excluding hydrogens is 362 g/mol. The zero-order valence-electron chi connectivity index (χ0n) is 18.4. The summed E-state index contributed by atoms with van der Waals surface area (Å²) in [5.41, 5.74) is 2.63. The molecule has 2 aliphatic heterocycles. The number of piperazine rings is 1. The average molecular weight is 402 g/mol. The molecule has 2 aliphatic rings. The second kappa shape index (κ2) is 11.6. The van der Waals surface area contributed by atoms with Crippen LogP contribution in [0.2, 0.25) is 0 Å². The van der Waals surface area contributed by atoms with Crippen molar-refractivity contribution in [2.75, 3.05) is 57.3 Å². The molecule has 2 fully saturated rings. The Hall–Kier alpha value is -1.59. The number of aryl methyl sites for hydroxylation is 1. The molecule has 1 aromatic rings. The number of piperidine rings is 1. The molecule has 0 saturated carbocycles. The van der Waals surface area contributed by atoms with Crippen LogP contribution in [0.4, 0.5) is 5.69 Å². The lowest BCUT2D eigenvalue weighted by molar-refractivity contribution is -0.145. The van der Waals surface area contributed by atoms with Crippen LogP contribution in [0.15, 0.2) is 24.3 Å². The molecule has 0 radical (unpaired) electrons. The second-order valence-electron chi connectivity index (χ2n) is 8.65. The number of anilines is 1. The van der Waals surface area contributed by atoms with Crippen molar-refractivity contribution in [1.82, 2.24) is 9.80 Å². The summed E-state index contributed by atoms with van der Waals surface area (Å²) >= 11 is 0. The number of hydrogen-bond donors (Lipinski definition) is 0. The summed E-state index contributed by atoms with van der Waals surface area (Å²) < 4.78 is 5.49. The first-order valence-electron chi connectivity index (χ1n) is 11.6. The topological polar surface area (TPSA) is 36.0 Å². The Morgan fingerprint density at radius 2 is 1.69 bits per heavy atom. The number of benzene rings is 1. The molecule has 1 atom stereocenters. The Kier molecular flexibility index (Phi) is 8.81. The fourth-order valence-corrected chi connectivity index (χ4v) is 4.42. The van der Waals surface area contributed by atoms with Crippen LogP contribution in [0.1, 0.15) is 51.0 Å². The number of unbranched alkanes of at least 4 members (excludes halogenated alkanes) is 1. The zero-order valence-corrected chi connectivity index (χ0v) is 18.4. The molecular formula is C24H39N3O2. The van der Waals surface area contributed by atoms with Gasteiger partial charge in [-0.05, 0) is 51.4 Å². The van der Waals surface area contributed by atoms with E-state index in [-0.39, 0.29) is 12.0 Å². The first kappa shape index (κ1) is 22.1. The van der Waals surface area contributed by atoms with Crippen LogP contribution in [0.3, 0.4) is 0 Å². The Bertz CT molecular complexity index is 605. The van der Waals surface area contributed by atoms with Gasteiger partial charge in [-0.15, -0.1) is 0 Å². The average Bonchev–Trinajstić information content (AvgIpc) is 2.75. The fourth-order valence-electron chi connectivity index (χ4n) is 4.42.